The summed E-state index contributed by atoms with van der Waals surface area (Å²) >= 11 is 0. The Kier molecular flexibility index (Phi) is 6.35. The zero-order valence-electron chi connectivity index (χ0n) is 14.0. The van der Waals surface area contributed by atoms with Crippen LogP contribution in [0.25, 0.3) is 0 Å². The van der Waals surface area contributed by atoms with Crippen LogP contribution >= 0.6 is 0 Å². The number of carbonyl (C=O) groups excluding carboxylic acids is 2. The van der Waals surface area contributed by atoms with Crippen molar-refractivity contribution in [2.24, 2.45) is 5.92 Å². The number of amides is 2. The topological polar surface area (TPSA) is 86.7 Å². The minimum absolute atomic E-state index is 0.000219. The monoisotopic (exact) mass is 332 g/mol. The summed E-state index contributed by atoms with van der Waals surface area (Å²) in [7, 11) is 0. The molecule has 0 radical (unpaired) electrons. The van der Waals surface area contributed by atoms with E-state index in [0.29, 0.717) is 25.2 Å². The Morgan fingerprint density at radius 1 is 1.29 bits per heavy atom. The SMILES string of the molecule is CCCCNC(=O)C1CCCN(C(=O)c2cccc(C(=O)O)c2)C1. The molecule has 0 saturated carbocycles. The zero-order valence-corrected chi connectivity index (χ0v) is 14.0. The number of rotatable bonds is 6. The fourth-order valence-corrected chi connectivity index (χ4v) is 2.88. The molecule has 2 amide bonds. The molecular weight excluding hydrogens is 308 g/mol. The maximum absolute atomic E-state index is 12.6. The smallest absolute Gasteiger partial charge is 0.335 e. The van der Waals surface area contributed by atoms with Crippen LogP contribution in [0.1, 0.15) is 53.3 Å². The van der Waals surface area contributed by atoms with Gasteiger partial charge in [-0.2, -0.15) is 0 Å². The highest BCUT2D eigenvalue weighted by Crippen LogP contribution is 2.19. The number of carbonyl (C=O) groups is 3. The number of carboxylic acid groups (broad SMARTS) is 1. The Bertz CT molecular complexity index is 615. The number of aromatic carboxylic acids is 1. The van der Waals surface area contributed by atoms with E-state index in [1.165, 1.54) is 12.1 Å². The lowest BCUT2D eigenvalue weighted by Crippen LogP contribution is -2.45. The molecule has 1 saturated heterocycles. The number of hydrogen-bond acceptors (Lipinski definition) is 3. The summed E-state index contributed by atoms with van der Waals surface area (Å²) in [4.78, 5) is 37.5. The van der Waals surface area contributed by atoms with Gasteiger partial charge in [-0.25, -0.2) is 4.79 Å². The molecule has 2 rings (SSSR count). The van der Waals surface area contributed by atoms with Gasteiger partial charge in [0.15, 0.2) is 0 Å². The standard InChI is InChI=1S/C18H24N2O4/c1-2-3-9-19-16(21)15-8-5-10-20(12-15)17(22)13-6-4-7-14(11-13)18(23)24/h4,6-7,11,15H,2-3,5,8-10,12H2,1H3,(H,19,21)(H,23,24). The van der Waals surface area contributed by atoms with Crippen LogP contribution in [0.5, 0.6) is 0 Å². The van der Waals surface area contributed by atoms with Gasteiger partial charge in [-0.05, 0) is 37.5 Å². The third-order valence-corrected chi connectivity index (χ3v) is 4.27. The maximum atomic E-state index is 12.6. The number of nitrogens with one attached hydrogen (secondary N) is 1. The second-order valence-electron chi connectivity index (χ2n) is 6.12. The van der Waals surface area contributed by atoms with Gasteiger partial charge in [-0.3, -0.25) is 9.59 Å². The molecule has 2 N–H and O–H groups in total. The Morgan fingerprint density at radius 3 is 2.75 bits per heavy atom. The molecule has 6 nitrogen and oxygen atoms in total. The number of unbranched alkanes of at least 4 members (excludes halogenated alkanes) is 1. The van der Waals surface area contributed by atoms with Gasteiger partial charge in [0, 0.05) is 25.2 Å². The Labute approximate surface area is 141 Å². The van der Waals surface area contributed by atoms with Crippen LogP contribution in [-0.2, 0) is 4.79 Å². The second-order valence-corrected chi connectivity index (χ2v) is 6.12. The van der Waals surface area contributed by atoms with Crippen LogP contribution in [-0.4, -0.2) is 47.4 Å². The molecule has 1 aromatic rings. The zero-order chi connectivity index (χ0) is 17.5. The number of hydrogen-bond donors (Lipinski definition) is 2. The first-order chi connectivity index (χ1) is 11.5. The summed E-state index contributed by atoms with van der Waals surface area (Å²) < 4.78 is 0. The van der Waals surface area contributed by atoms with Gasteiger partial charge in [0.05, 0.1) is 11.5 Å². The van der Waals surface area contributed by atoms with Crippen molar-refractivity contribution in [2.75, 3.05) is 19.6 Å². The van der Waals surface area contributed by atoms with Crippen LogP contribution in [0.2, 0.25) is 0 Å². The number of benzene rings is 1. The summed E-state index contributed by atoms with van der Waals surface area (Å²) in [5.74, 6) is -1.47. The number of piperidine rings is 1. The van der Waals surface area contributed by atoms with Crippen molar-refractivity contribution < 1.29 is 19.5 Å². The first kappa shape index (κ1) is 18.0. The van der Waals surface area contributed by atoms with Crippen molar-refractivity contribution in [3.8, 4) is 0 Å². The summed E-state index contributed by atoms with van der Waals surface area (Å²) in [6.45, 7) is 3.71. The third-order valence-electron chi connectivity index (χ3n) is 4.27. The molecule has 1 aliphatic heterocycles. The molecule has 1 fully saturated rings. The molecule has 6 heteroatoms. The summed E-state index contributed by atoms with van der Waals surface area (Å²) in [5.41, 5.74) is 0.439. The number of nitrogens with zero attached hydrogens (tertiary/aromatic N) is 1. The van der Waals surface area contributed by atoms with E-state index in [4.69, 9.17) is 5.11 Å². The van der Waals surface area contributed by atoms with Crippen molar-refractivity contribution >= 4 is 17.8 Å². The van der Waals surface area contributed by atoms with E-state index >= 15 is 0 Å². The van der Waals surface area contributed by atoms with Gasteiger partial charge in [-0.15, -0.1) is 0 Å². The van der Waals surface area contributed by atoms with Gasteiger partial charge in [0.2, 0.25) is 5.91 Å². The van der Waals surface area contributed by atoms with E-state index in [2.05, 4.69) is 12.2 Å². The molecule has 0 spiro atoms. The van der Waals surface area contributed by atoms with Gasteiger partial charge >= 0.3 is 5.97 Å². The van der Waals surface area contributed by atoms with Crippen molar-refractivity contribution in [1.82, 2.24) is 10.2 Å². The summed E-state index contributed by atoms with van der Waals surface area (Å²) in [6.07, 6.45) is 3.52. The van der Waals surface area contributed by atoms with Gasteiger partial charge in [-0.1, -0.05) is 19.4 Å². The maximum Gasteiger partial charge on any atom is 0.335 e. The van der Waals surface area contributed by atoms with Crippen molar-refractivity contribution in [1.29, 1.82) is 0 Å². The summed E-state index contributed by atoms with van der Waals surface area (Å²) in [5, 5.41) is 12.0. The highest BCUT2D eigenvalue weighted by Gasteiger charge is 2.28. The fourth-order valence-electron chi connectivity index (χ4n) is 2.88. The van der Waals surface area contributed by atoms with Gasteiger partial charge in [0.1, 0.15) is 0 Å². The molecule has 1 unspecified atom stereocenters. The lowest BCUT2D eigenvalue weighted by Gasteiger charge is -2.32. The molecule has 0 bridgehead atoms. The molecule has 1 atom stereocenters. The van der Waals surface area contributed by atoms with Gasteiger partial charge in [0.25, 0.3) is 5.91 Å². The lowest BCUT2D eigenvalue weighted by atomic mass is 9.96. The van der Waals surface area contributed by atoms with Crippen molar-refractivity contribution in [3.63, 3.8) is 0 Å². The Morgan fingerprint density at radius 2 is 2.04 bits per heavy atom. The second kappa shape index (κ2) is 8.47. The van der Waals surface area contributed by atoms with E-state index < -0.39 is 5.97 Å². The molecule has 24 heavy (non-hydrogen) atoms. The van der Waals surface area contributed by atoms with Crippen LogP contribution in [0.15, 0.2) is 24.3 Å². The van der Waals surface area contributed by atoms with E-state index in [1.807, 2.05) is 0 Å². The van der Waals surface area contributed by atoms with E-state index in [9.17, 15) is 14.4 Å². The molecule has 1 aromatic carbocycles. The van der Waals surface area contributed by atoms with E-state index in [1.54, 1.807) is 17.0 Å². The average molecular weight is 332 g/mol. The first-order valence-electron chi connectivity index (χ1n) is 8.43. The highest BCUT2D eigenvalue weighted by molar-refractivity contribution is 5.97. The largest absolute Gasteiger partial charge is 0.478 e. The van der Waals surface area contributed by atoms with E-state index in [-0.39, 0.29) is 23.3 Å². The van der Waals surface area contributed by atoms with E-state index in [0.717, 1.165) is 25.7 Å². The normalized spacial score (nSPS) is 17.4. The average Bonchev–Trinajstić information content (AvgIpc) is 2.61. The Balaban J connectivity index is 2.01. The molecular formula is C18H24N2O4. The number of likely N-dealkylation sites (tertiary alicyclic amines) is 1. The predicted octanol–water partition coefficient (Wildman–Crippen LogP) is 2.15. The minimum Gasteiger partial charge on any atom is -0.478 e. The molecule has 1 heterocycles. The third kappa shape index (κ3) is 4.57. The van der Waals surface area contributed by atoms with Crippen LogP contribution < -0.4 is 5.32 Å². The Hall–Kier alpha value is -2.37. The van der Waals surface area contributed by atoms with Crippen LogP contribution in [0, 0.1) is 5.92 Å². The fraction of sp³-hybridized carbons (Fsp3) is 0.500. The molecule has 1 aliphatic rings. The minimum atomic E-state index is -1.06. The lowest BCUT2D eigenvalue weighted by molar-refractivity contribution is -0.126. The molecule has 0 aromatic heterocycles. The van der Waals surface area contributed by atoms with Crippen molar-refractivity contribution in [2.45, 2.75) is 32.6 Å². The highest BCUT2D eigenvalue weighted by atomic mass is 16.4. The molecule has 0 aliphatic carbocycles. The summed E-state index contributed by atoms with van der Waals surface area (Å²) in [6, 6.07) is 6.02. The van der Waals surface area contributed by atoms with Crippen LogP contribution in [0.3, 0.4) is 0 Å². The number of carboxylic acids is 1. The van der Waals surface area contributed by atoms with Crippen LogP contribution in [0.4, 0.5) is 0 Å². The van der Waals surface area contributed by atoms with Crippen molar-refractivity contribution in [3.05, 3.63) is 35.4 Å². The molecule has 130 valence electrons. The quantitative estimate of drug-likeness (QED) is 0.782. The van der Waals surface area contributed by atoms with Gasteiger partial charge < -0.3 is 15.3 Å². The predicted molar refractivity (Wildman–Crippen MR) is 89.9 cm³/mol. The first-order valence-corrected chi connectivity index (χ1v) is 8.43.